The number of hydrogen-bond donors (Lipinski definition) is 4. The summed E-state index contributed by atoms with van der Waals surface area (Å²) in [4.78, 5) is 4.56. The highest BCUT2D eigenvalue weighted by molar-refractivity contribution is 6.02. The number of amidine groups is 1. The lowest BCUT2D eigenvalue weighted by atomic mass is 10.0. The van der Waals surface area contributed by atoms with Crippen molar-refractivity contribution < 1.29 is 4.74 Å². The second-order valence-electron chi connectivity index (χ2n) is 8.20. The molecule has 0 radical (unpaired) electrons. The van der Waals surface area contributed by atoms with E-state index in [4.69, 9.17) is 27.1 Å². The van der Waals surface area contributed by atoms with Gasteiger partial charge in [0.15, 0.2) is 5.84 Å². The van der Waals surface area contributed by atoms with Crippen molar-refractivity contribution in [3.63, 3.8) is 0 Å². The molecule has 1 heterocycles. The molecular weight excluding hydrogens is 378 g/mol. The number of hydrogen-bond acceptors (Lipinski definition) is 7. The minimum absolute atomic E-state index is 0.00817. The number of nitrogens with one attached hydrogen (secondary N) is 2. The SMILES string of the molecule is CC(C)Oc1cc(N2CCN(C/C(N)=C/C=C\N)CC2)c(C(=N)N=N)cc1C1CC1. The molecule has 0 bridgehead atoms. The molecule has 162 valence electrons. The van der Waals surface area contributed by atoms with E-state index < -0.39 is 0 Å². The zero-order chi connectivity index (χ0) is 21.7. The fourth-order valence-electron chi connectivity index (χ4n) is 3.80. The normalized spacial score (nSPS) is 18.2. The highest BCUT2D eigenvalue weighted by Crippen LogP contribution is 2.46. The fraction of sp³-hybridized carbons (Fsp3) is 0.500. The summed E-state index contributed by atoms with van der Waals surface area (Å²) in [6, 6.07) is 4.08. The summed E-state index contributed by atoms with van der Waals surface area (Å²) in [5.41, 5.74) is 22.4. The molecule has 0 unspecified atom stereocenters. The lowest BCUT2D eigenvalue weighted by Crippen LogP contribution is -2.47. The van der Waals surface area contributed by atoms with Crippen LogP contribution in [0.4, 0.5) is 5.69 Å². The van der Waals surface area contributed by atoms with Gasteiger partial charge in [0.05, 0.1) is 11.8 Å². The molecule has 1 aliphatic heterocycles. The molecule has 1 aromatic carbocycles. The van der Waals surface area contributed by atoms with Crippen molar-refractivity contribution >= 4 is 11.5 Å². The Morgan fingerprint density at radius 2 is 1.97 bits per heavy atom. The Morgan fingerprint density at radius 3 is 2.53 bits per heavy atom. The molecule has 0 atom stereocenters. The van der Waals surface area contributed by atoms with Crippen LogP contribution in [0.2, 0.25) is 0 Å². The molecule has 8 nitrogen and oxygen atoms in total. The molecule has 0 spiro atoms. The van der Waals surface area contributed by atoms with Gasteiger partial charge < -0.3 is 21.1 Å². The van der Waals surface area contributed by atoms with Crippen molar-refractivity contribution in [1.29, 1.82) is 10.9 Å². The Labute approximate surface area is 178 Å². The van der Waals surface area contributed by atoms with Gasteiger partial charge in [-0.25, -0.2) is 5.53 Å². The molecule has 2 aliphatic rings. The average molecular weight is 412 g/mol. The second kappa shape index (κ2) is 9.75. The van der Waals surface area contributed by atoms with Crippen molar-refractivity contribution in [2.75, 3.05) is 37.6 Å². The van der Waals surface area contributed by atoms with E-state index in [1.807, 2.05) is 26.0 Å². The highest BCUT2D eigenvalue weighted by Gasteiger charge is 2.30. The number of rotatable bonds is 8. The summed E-state index contributed by atoms with van der Waals surface area (Å²) in [7, 11) is 0. The molecule has 1 saturated carbocycles. The topological polar surface area (TPSA) is 128 Å². The fourth-order valence-corrected chi connectivity index (χ4v) is 3.80. The Hall–Kier alpha value is -2.87. The number of benzene rings is 1. The molecule has 8 heteroatoms. The van der Waals surface area contributed by atoms with Gasteiger partial charge in [0, 0.05) is 50.1 Å². The van der Waals surface area contributed by atoms with Gasteiger partial charge in [0.2, 0.25) is 0 Å². The number of ether oxygens (including phenoxy) is 1. The Kier molecular flexibility index (Phi) is 7.10. The monoisotopic (exact) mass is 411 g/mol. The average Bonchev–Trinajstić information content (AvgIpc) is 3.57. The number of anilines is 1. The maximum Gasteiger partial charge on any atom is 0.175 e. The molecule has 0 amide bonds. The third kappa shape index (κ3) is 5.38. The molecule has 3 rings (SSSR count). The van der Waals surface area contributed by atoms with Crippen LogP contribution in [0, 0.1) is 10.9 Å². The summed E-state index contributed by atoms with van der Waals surface area (Å²) in [5.74, 6) is 1.37. The Balaban J connectivity index is 1.82. The minimum Gasteiger partial charge on any atom is -0.491 e. The van der Waals surface area contributed by atoms with Crippen LogP contribution in [0.3, 0.4) is 0 Å². The number of nitrogens with zero attached hydrogens (tertiary/aromatic N) is 3. The van der Waals surface area contributed by atoms with Gasteiger partial charge in [-0.05, 0) is 62.6 Å². The first-order valence-corrected chi connectivity index (χ1v) is 10.5. The molecule has 6 N–H and O–H groups in total. The van der Waals surface area contributed by atoms with Crippen molar-refractivity contribution in [3.05, 3.63) is 47.3 Å². The Morgan fingerprint density at radius 1 is 1.27 bits per heavy atom. The lowest BCUT2D eigenvalue weighted by molar-refractivity contribution is 0.239. The zero-order valence-electron chi connectivity index (χ0n) is 17.9. The molecule has 0 aromatic heterocycles. The maximum atomic E-state index is 8.23. The predicted molar refractivity (Wildman–Crippen MR) is 120 cm³/mol. The van der Waals surface area contributed by atoms with Crippen molar-refractivity contribution in [2.24, 2.45) is 16.6 Å². The van der Waals surface area contributed by atoms with Crippen LogP contribution >= 0.6 is 0 Å². The van der Waals surface area contributed by atoms with E-state index in [1.165, 1.54) is 6.20 Å². The molecule has 1 aliphatic carbocycles. The molecule has 1 saturated heterocycles. The number of allylic oxidation sites excluding steroid dienone is 2. The first kappa shape index (κ1) is 21.8. The van der Waals surface area contributed by atoms with Crippen molar-refractivity contribution in [2.45, 2.75) is 38.7 Å². The van der Waals surface area contributed by atoms with Gasteiger partial charge in [-0.2, -0.15) is 0 Å². The van der Waals surface area contributed by atoms with E-state index in [2.05, 4.69) is 21.0 Å². The summed E-state index contributed by atoms with van der Waals surface area (Å²) >= 11 is 0. The van der Waals surface area contributed by atoms with Crippen LogP contribution in [0.25, 0.3) is 0 Å². The number of piperazine rings is 1. The van der Waals surface area contributed by atoms with E-state index in [9.17, 15) is 0 Å². The molecule has 1 aromatic rings. The summed E-state index contributed by atoms with van der Waals surface area (Å²) in [6.45, 7) is 8.09. The molecular formula is C22H33N7O. The molecule has 2 fully saturated rings. The third-order valence-corrected chi connectivity index (χ3v) is 5.42. The van der Waals surface area contributed by atoms with E-state index in [0.29, 0.717) is 18.0 Å². The van der Waals surface area contributed by atoms with Crippen LogP contribution in [-0.4, -0.2) is 49.6 Å². The largest absolute Gasteiger partial charge is 0.491 e. The highest BCUT2D eigenvalue weighted by atomic mass is 16.5. The van der Waals surface area contributed by atoms with Crippen molar-refractivity contribution in [3.8, 4) is 5.75 Å². The van der Waals surface area contributed by atoms with Gasteiger partial charge in [0.25, 0.3) is 0 Å². The van der Waals surface area contributed by atoms with E-state index >= 15 is 0 Å². The van der Waals surface area contributed by atoms with Crippen LogP contribution in [0.15, 0.2) is 41.3 Å². The molecule has 30 heavy (non-hydrogen) atoms. The van der Waals surface area contributed by atoms with E-state index in [-0.39, 0.29) is 11.9 Å². The predicted octanol–water partition coefficient (Wildman–Crippen LogP) is 3.14. The van der Waals surface area contributed by atoms with Crippen LogP contribution in [-0.2, 0) is 0 Å². The minimum atomic E-state index is -0.00817. The quantitative estimate of drug-likeness (QED) is 0.226. The lowest BCUT2D eigenvalue weighted by Gasteiger charge is -2.37. The first-order valence-electron chi connectivity index (χ1n) is 10.5. The zero-order valence-corrected chi connectivity index (χ0v) is 17.9. The summed E-state index contributed by atoms with van der Waals surface area (Å²) < 4.78 is 6.13. The van der Waals surface area contributed by atoms with Crippen LogP contribution in [0.5, 0.6) is 5.75 Å². The number of nitrogens with two attached hydrogens (primary N) is 2. The van der Waals surface area contributed by atoms with Crippen molar-refractivity contribution in [1.82, 2.24) is 4.90 Å². The van der Waals surface area contributed by atoms with E-state index in [1.54, 1.807) is 6.08 Å². The Bertz CT molecular complexity index is 834. The van der Waals surface area contributed by atoms with Gasteiger partial charge in [-0.1, -0.05) is 0 Å². The van der Waals surface area contributed by atoms with Gasteiger partial charge in [-0.15, -0.1) is 5.11 Å². The van der Waals surface area contributed by atoms with Gasteiger partial charge in [0.1, 0.15) is 5.75 Å². The van der Waals surface area contributed by atoms with Crippen LogP contribution < -0.4 is 21.1 Å². The summed E-state index contributed by atoms with van der Waals surface area (Å²) in [5, 5.41) is 11.7. The van der Waals surface area contributed by atoms with Crippen LogP contribution in [0.1, 0.15) is 43.7 Å². The maximum absolute atomic E-state index is 8.23. The summed E-state index contributed by atoms with van der Waals surface area (Å²) in [6.07, 6.45) is 7.41. The van der Waals surface area contributed by atoms with Gasteiger partial charge >= 0.3 is 0 Å². The first-order chi connectivity index (χ1) is 14.4. The van der Waals surface area contributed by atoms with Gasteiger partial charge in [-0.3, -0.25) is 10.3 Å². The van der Waals surface area contributed by atoms with E-state index in [0.717, 1.165) is 61.7 Å². The second-order valence-corrected chi connectivity index (χ2v) is 8.20. The standard InChI is InChI=1S/C22H33N7O/c1-15(2)30-21-13-20(19(22(25)27-26)12-18(21)16-5-6-16)29-10-8-28(9-11-29)14-17(24)4-3-7-23/h3-4,7,12-13,15-16,25-26H,5-6,8-11,14,23-24H2,1-2H3/b7-3-,17-4-,25-22?,27-26?. The third-order valence-electron chi connectivity index (χ3n) is 5.42. The smallest absolute Gasteiger partial charge is 0.175 e.